The highest BCUT2D eigenvalue weighted by molar-refractivity contribution is 9.12. The van der Waals surface area contributed by atoms with Crippen molar-refractivity contribution < 1.29 is 9.53 Å². The van der Waals surface area contributed by atoms with E-state index in [9.17, 15) is 4.79 Å². The van der Waals surface area contributed by atoms with Crippen LogP contribution in [0.4, 0.5) is 0 Å². The van der Waals surface area contributed by atoms with E-state index in [2.05, 4.69) is 20.7 Å². The summed E-state index contributed by atoms with van der Waals surface area (Å²) in [6.45, 7) is 1.61. The quantitative estimate of drug-likeness (QED) is 0.494. The van der Waals surface area contributed by atoms with E-state index in [0.717, 1.165) is 0 Å². The summed E-state index contributed by atoms with van der Waals surface area (Å²) in [5, 5.41) is 0. The van der Waals surface area contributed by atoms with Crippen LogP contribution >= 0.6 is 15.9 Å². The predicted octanol–water partition coefficient (Wildman–Crippen LogP) is 0.744. The third-order valence-electron chi connectivity index (χ3n) is 0.711. The van der Waals surface area contributed by atoms with Gasteiger partial charge in [0, 0.05) is 5.70 Å². The number of rotatable bonds is 1. The molecule has 0 bridgehead atoms. The molecule has 0 radical (unpaired) electrons. The first-order valence-corrected chi connectivity index (χ1v) is 3.09. The highest BCUT2D eigenvalue weighted by atomic mass is 79.9. The molecular formula is C5H8BrNO2. The van der Waals surface area contributed by atoms with Crippen LogP contribution in [0, 0.1) is 0 Å². The Morgan fingerprint density at radius 1 is 1.67 bits per heavy atom. The maximum Gasteiger partial charge on any atom is 0.346 e. The first-order valence-electron chi connectivity index (χ1n) is 2.29. The number of hydrogen-bond acceptors (Lipinski definition) is 3. The van der Waals surface area contributed by atoms with Gasteiger partial charge in [-0.25, -0.2) is 4.79 Å². The van der Waals surface area contributed by atoms with Crippen molar-refractivity contribution in [3.05, 3.63) is 10.2 Å². The van der Waals surface area contributed by atoms with Gasteiger partial charge in [0.15, 0.2) is 0 Å². The summed E-state index contributed by atoms with van der Waals surface area (Å²) >= 11 is 2.95. The number of carbonyl (C=O) groups excluding carboxylic acids is 1. The zero-order chi connectivity index (χ0) is 7.44. The average molecular weight is 194 g/mol. The number of carbonyl (C=O) groups is 1. The van der Waals surface area contributed by atoms with Crippen molar-refractivity contribution in [3.8, 4) is 0 Å². The molecule has 0 aromatic rings. The molecule has 0 saturated heterocycles. The molecule has 3 nitrogen and oxygen atoms in total. The van der Waals surface area contributed by atoms with Crippen LogP contribution in [0.25, 0.3) is 0 Å². The molecule has 0 spiro atoms. The Kier molecular flexibility index (Phi) is 3.30. The second-order valence-electron chi connectivity index (χ2n) is 1.49. The first kappa shape index (κ1) is 8.49. The Morgan fingerprint density at radius 3 is 2.22 bits per heavy atom. The van der Waals surface area contributed by atoms with Crippen LogP contribution in [0.3, 0.4) is 0 Å². The Hall–Kier alpha value is -0.510. The lowest BCUT2D eigenvalue weighted by Crippen LogP contribution is -2.05. The van der Waals surface area contributed by atoms with Gasteiger partial charge in [-0.05, 0) is 22.9 Å². The fourth-order valence-corrected chi connectivity index (χ4v) is 0.412. The molecule has 0 aliphatic carbocycles. The van der Waals surface area contributed by atoms with Crippen molar-refractivity contribution in [2.45, 2.75) is 6.92 Å². The summed E-state index contributed by atoms with van der Waals surface area (Å²) in [6, 6.07) is 0. The molecule has 0 fully saturated rings. The van der Waals surface area contributed by atoms with Crippen molar-refractivity contribution in [3.63, 3.8) is 0 Å². The van der Waals surface area contributed by atoms with E-state index in [1.165, 1.54) is 7.11 Å². The molecule has 2 N–H and O–H groups in total. The summed E-state index contributed by atoms with van der Waals surface area (Å²) in [6.07, 6.45) is 0. The number of hydrogen-bond donors (Lipinski definition) is 1. The topological polar surface area (TPSA) is 52.3 Å². The highest BCUT2D eigenvalue weighted by Gasteiger charge is 2.05. The van der Waals surface area contributed by atoms with Gasteiger partial charge in [-0.15, -0.1) is 0 Å². The number of allylic oxidation sites excluding steroid dienone is 1. The van der Waals surface area contributed by atoms with Crippen molar-refractivity contribution in [1.29, 1.82) is 0 Å². The fraction of sp³-hybridized carbons (Fsp3) is 0.400. The van der Waals surface area contributed by atoms with Crippen LogP contribution in [0.5, 0.6) is 0 Å². The second-order valence-corrected chi connectivity index (χ2v) is 2.28. The van der Waals surface area contributed by atoms with E-state index in [1.807, 2.05) is 0 Å². The van der Waals surface area contributed by atoms with Crippen molar-refractivity contribution in [2.24, 2.45) is 5.73 Å². The van der Waals surface area contributed by atoms with Gasteiger partial charge < -0.3 is 10.5 Å². The Bertz CT molecular complexity index is 149. The molecule has 0 rings (SSSR count). The lowest BCUT2D eigenvalue weighted by atomic mass is 10.4. The number of nitrogens with two attached hydrogens (primary N) is 1. The average Bonchev–Trinajstić information content (AvgIpc) is 1.84. The molecule has 0 aromatic carbocycles. The molecule has 0 saturated carbocycles. The Balaban J connectivity index is 4.21. The summed E-state index contributed by atoms with van der Waals surface area (Å²) in [7, 11) is 1.30. The van der Waals surface area contributed by atoms with Gasteiger partial charge in [0.25, 0.3) is 0 Å². The first-order chi connectivity index (χ1) is 4.09. The number of halogens is 1. The third-order valence-corrected chi connectivity index (χ3v) is 1.66. The van der Waals surface area contributed by atoms with Crippen molar-refractivity contribution in [1.82, 2.24) is 0 Å². The minimum Gasteiger partial charge on any atom is -0.465 e. The molecular weight excluding hydrogens is 186 g/mol. The molecule has 0 heterocycles. The number of methoxy groups -OCH3 is 1. The normalized spacial score (nSPS) is 12.3. The van der Waals surface area contributed by atoms with Gasteiger partial charge in [0.05, 0.1) is 7.11 Å². The molecule has 9 heavy (non-hydrogen) atoms. The molecule has 0 aliphatic heterocycles. The van der Waals surface area contributed by atoms with Gasteiger partial charge in [0.2, 0.25) is 0 Å². The maximum absolute atomic E-state index is 10.5. The molecule has 0 aromatic heterocycles. The molecule has 0 amide bonds. The summed E-state index contributed by atoms with van der Waals surface area (Å²) < 4.78 is 4.63. The standard InChI is InChI=1S/C5H8BrNO2/c1-3(7)4(6)5(8)9-2/h7H2,1-2H3/b4-3+. The highest BCUT2D eigenvalue weighted by Crippen LogP contribution is 2.08. The summed E-state index contributed by atoms with van der Waals surface area (Å²) in [5.41, 5.74) is 5.66. The zero-order valence-corrected chi connectivity index (χ0v) is 6.86. The lowest BCUT2D eigenvalue weighted by Gasteiger charge is -1.96. The second kappa shape index (κ2) is 3.50. The van der Waals surface area contributed by atoms with Crippen LogP contribution in [-0.2, 0) is 9.53 Å². The van der Waals surface area contributed by atoms with E-state index >= 15 is 0 Å². The molecule has 0 unspecified atom stereocenters. The van der Waals surface area contributed by atoms with E-state index in [4.69, 9.17) is 5.73 Å². The van der Waals surface area contributed by atoms with Crippen LogP contribution < -0.4 is 5.73 Å². The largest absolute Gasteiger partial charge is 0.465 e. The predicted molar refractivity (Wildman–Crippen MR) is 37.8 cm³/mol. The van der Waals surface area contributed by atoms with Crippen LogP contribution in [-0.4, -0.2) is 13.1 Å². The number of esters is 1. The molecule has 52 valence electrons. The van der Waals surface area contributed by atoms with E-state index in [1.54, 1.807) is 6.92 Å². The minimum atomic E-state index is -0.449. The van der Waals surface area contributed by atoms with Gasteiger partial charge in [0.1, 0.15) is 4.48 Å². The lowest BCUT2D eigenvalue weighted by molar-refractivity contribution is -0.135. The Morgan fingerprint density at radius 2 is 2.11 bits per heavy atom. The molecule has 4 heteroatoms. The summed E-state index contributed by atoms with van der Waals surface area (Å²) in [4.78, 5) is 10.5. The SMILES string of the molecule is COC(=O)/C(Br)=C(/C)N. The van der Waals surface area contributed by atoms with Crippen LogP contribution in [0.1, 0.15) is 6.92 Å². The van der Waals surface area contributed by atoms with Gasteiger partial charge in [-0.3, -0.25) is 0 Å². The molecule has 0 aliphatic rings. The van der Waals surface area contributed by atoms with Crippen LogP contribution in [0.2, 0.25) is 0 Å². The fourth-order valence-electron chi connectivity index (χ4n) is 0.251. The minimum absolute atomic E-state index is 0.282. The third kappa shape index (κ3) is 2.51. The smallest absolute Gasteiger partial charge is 0.346 e. The molecule has 0 atom stereocenters. The zero-order valence-electron chi connectivity index (χ0n) is 5.27. The Labute approximate surface area is 62.0 Å². The van der Waals surface area contributed by atoms with Gasteiger partial charge in [-0.1, -0.05) is 0 Å². The van der Waals surface area contributed by atoms with Gasteiger partial charge in [-0.2, -0.15) is 0 Å². The monoisotopic (exact) mass is 193 g/mol. The van der Waals surface area contributed by atoms with Crippen molar-refractivity contribution >= 4 is 21.9 Å². The van der Waals surface area contributed by atoms with E-state index < -0.39 is 5.97 Å². The van der Waals surface area contributed by atoms with Crippen LogP contribution in [0.15, 0.2) is 10.2 Å². The van der Waals surface area contributed by atoms with Crippen molar-refractivity contribution in [2.75, 3.05) is 7.11 Å². The maximum atomic E-state index is 10.5. The summed E-state index contributed by atoms with van der Waals surface area (Å²) in [5.74, 6) is -0.449. The van der Waals surface area contributed by atoms with E-state index in [-0.39, 0.29) is 4.48 Å². The van der Waals surface area contributed by atoms with E-state index in [0.29, 0.717) is 5.70 Å². The van der Waals surface area contributed by atoms with Gasteiger partial charge >= 0.3 is 5.97 Å². The number of ether oxygens (including phenoxy) is 1.